The lowest BCUT2D eigenvalue weighted by atomic mass is 10.0. The fourth-order valence-corrected chi connectivity index (χ4v) is 2.27. The summed E-state index contributed by atoms with van der Waals surface area (Å²) in [4.78, 5) is 14.0. The smallest absolute Gasteiger partial charge is 0.265 e. The Bertz CT molecular complexity index is 388. The summed E-state index contributed by atoms with van der Waals surface area (Å²) in [7, 11) is 2.09. The third-order valence-corrected chi connectivity index (χ3v) is 3.38. The van der Waals surface area contributed by atoms with Gasteiger partial charge < -0.3 is 0 Å². The lowest BCUT2D eigenvalue weighted by Gasteiger charge is -2.26. The van der Waals surface area contributed by atoms with Gasteiger partial charge in [-0.25, -0.2) is 5.84 Å². The maximum atomic E-state index is 11.7. The Morgan fingerprint density at radius 2 is 1.94 bits per heavy atom. The zero-order chi connectivity index (χ0) is 13.5. The van der Waals surface area contributed by atoms with E-state index in [1.54, 1.807) is 6.07 Å². The van der Waals surface area contributed by atoms with Gasteiger partial charge in [-0.15, -0.1) is 0 Å². The van der Waals surface area contributed by atoms with Crippen LogP contribution in [0.4, 0.5) is 0 Å². The number of carbonyl (C=O) groups is 1. The molecule has 0 aliphatic heterocycles. The average molecular weight is 249 g/mol. The number of nitrogens with one attached hydrogen (secondary N) is 1. The van der Waals surface area contributed by atoms with E-state index in [0.29, 0.717) is 11.6 Å². The van der Waals surface area contributed by atoms with Crippen LogP contribution in [0.25, 0.3) is 0 Å². The predicted octanol–water partition coefficient (Wildman–Crippen LogP) is 1.91. The molecule has 0 saturated heterocycles. The van der Waals surface area contributed by atoms with Crippen LogP contribution >= 0.6 is 0 Å². The highest BCUT2D eigenvalue weighted by molar-refractivity contribution is 5.95. The molecule has 0 aliphatic carbocycles. The molecule has 1 rings (SSSR count). The van der Waals surface area contributed by atoms with Crippen molar-refractivity contribution in [2.45, 2.75) is 39.3 Å². The number of hydrazine groups is 1. The fourth-order valence-electron chi connectivity index (χ4n) is 2.27. The number of carbonyl (C=O) groups excluding carboxylic acids is 1. The van der Waals surface area contributed by atoms with E-state index in [1.165, 1.54) is 0 Å². The van der Waals surface area contributed by atoms with Crippen LogP contribution in [0.15, 0.2) is 24.3 Å². The van der Waals surface area contributed by atoms with E-state index < -0.39 is 0 Å². The molecule has 0 aromatic heterocycles. The molecule has 0 unspecified atom stereocenters. The van der Waals surface area contributed by atoms with Crippen molar-refractivity contribution in [3.8, 4) is 0 Å². The molecular formula is C14H23N3O. The zero-order valence-corrected chi connectivity index (χ0v) is 11.4. The summed E-state index contributed by atoms with van der Waals surface area (Å²) in [5, 5.41) is 0. The van der Waals surface area contributed by atoms with Gasteiger partial charge in [-0.2, -0.15) is 0 Å². The van der Waals surface area contributed by atoms with Gasteiger partial charge in [-0.05, 0) is 31.5 Å². The standard InChI is InChI=1S/C14H23N3O/c1-4-12(5-2)17(3)10-11-8-6-7-9-13(11)14(18)16-15/h6-9,12H,4-5,10,15H2,1-3H3,(H,16,18). The second kappa shape index (κ2) is 7.13. The molecule has 0 fully saturated rings. The van der Waals surface area contributed by atoms with Gasteiger partial charge in [-0.3, -0.25) is 15.1 Å². The number of benzene rings is 1. The third-order valence-electron chi connectivity index (χ3n) is 3.38. The molecule has 18 heavy (non-hydrogen) atoms. The first-order valence-corrected chi connectivity index (χ1v) is 6.43. The predicted molar refractivity (Wildman–Crippen MR) is 73.9 cm³/mol. The quantitative estimate of drug-likeness (QED) is 0.460. The van der Waals surface area contributed by atoms with Crippen LogP contribution in [0, 0.1) is 0 Å². The van der Waals surface area contributed by atoms with Gasteiger partial charge in [0.15, 0.2) is 0 Å². The molecule has 100 valence electrons. The molecule has 4 heteroatoms. The maximum Gasteiger partial charge on any atom is 0.265 e. The number of nitrogens with two attached hydrogens (primary N) is 1. The summed E-state index contributed by atoms with van der Waals surface area (Å²) in [5.74, 6) is 4.97. The van der Waals surface area contributed by atoms with Crippen LogP contribution in [0.3, 0.4) is 0 Å². The Hall–Kier alpha value is -1.39. The summed E-state index contributed by atoms with van der Waals surface area (Å²) in [6.07, 6.45) is 2.22. The lowest BCUT2D eigenvalue weighted by molar-refractivity contribution is 0.0951. The molecule has 3 N–H and O–H groups in total. The SMILES string of the molecule is CCC(CC)N(C)Cc1ccccc1C(=O)NN. The van der Waals surface area contributed by atoms with Crippen molar-refractivity contribution < 1.29 is 4.79 Å². The van der Waals surface area contributed by atoms with E-state index in [0.717, 1.165) is 24.9 Å². The van der Waals surface area contributed by atoms with Crippen molar-refractivity contribution in [3.63, 3.8) is 0 Å². The molecule has 0 bridgehead atoms. The first-order chi connectivity index (χ1) is 8.63. The highest BCUT2D eigenvalue weighted by Gasteiger charge is 2.15. The molecule has 4 nitrogen and oxygen atoms in total. The van der Waals surface area contributed by atoms with Crippen LogP contribution in [-0.2, 0) is 6.54 Å². The first kappa shape index (κ1) is 14.7. The normalized spacial score (nSPS) is 11.0. The van der Waals surface area contributed by atoms with Gasteiger partial charge >= 0.3 is 0 Å². The number of amides is 1. The molecule has 0 atom stereocenters. The zero-order valence-electron chi connectivity index (χ0n) is 11.4. The number of hydrogen-bond acceptors (Lipinski definition) is 3. The van der Waals surface area contributed by atoms with Gasteiger partial charge in [0.2, 0.25) is 0 Å². The van der Waals surface area contributed by atoms with Crippen LogP contribution in [0.2, 0.25) is 0 Å². The molecule has 1 aromatic rings. The van der Waals surface area contributed by atoms with Crippen molar-refractivity contribution in [2.75, 3.05) is 7.05 Å². The van der Waals surface area contributed by atoms with E-state index in [1.807, 2.05) is 18.2 Å². The van der Waals surface area contributed by atoms with Crippen molar-refractivity contribution >= 4 is 5.91 Å². The largest absolute Gasteiger partial charge is 0.299 e. The van der Waals surface area contributed by atoms with E-state index in [2.05, 4.69) is 31.2 Å². The van der Waals surface area contributed by atoms with Gasteiger partial charge in [0, 0.05) is 18.2 Å². The molecule has 0 spiro atoms. The summed E-state index contributed by atoms with van der Waals surface area (Å²) in [6.45, 7) is 5.13. The summed E-state index contributed by atoms with van der Waals surface area (Å²) < 4.78 is 0. The highest BCUT2D eigenvalue weighted by atomic mass is 16.2. The number of nitrogen functional groups attached to an aromatic ring is 1. The second-order valence-electron chi connectivity index (χ2n) is 4.52. The molecule has 0 heterocycles. The van der Waals surface area contributed by atoms with E-state index >= 15 is 0 Å². The summed E-state index contributed by atoms with van der Waals surface area (Å²) in [6, 6.07) is 8.12. The molecular weight excluding hydrogens is 226 g/mol. The van der Waals surface area contributed by atoms with Crippen LogP contribution < -0.4 is 11.3 Å². The number of nitrogens with zero attached hydrogens (tertiary/aromatic N) is 1. The van der Waals surface area contributed by atoms with Crippen LogP contribution in [-0.4, -0.2) is 23.9 Å². The molecule has 0 saturated carbocycles. The topological polar surface area (TPSA) is 58.4 Å². The minimum Gasteiger partial charge on any atom is -0.299 e. The Morgan fingerprint density at radius 3 is 2.50 bits per heavy atom. The lowest BCUT2D eigenvalue weighted by Crippen LogP contribution is -2.33. The molecule has 0 radical (unpaired) electrons. The molecule has 0 aliphatic rings. The maximum absolute atomic E-state index is 11.7. The summed E-state index contributed by atoms with van der Waals surface area (Å²) in [5.41, 5.74) is 3.85. The van der Waals surface area contributed by atoms with Gasteiger partial charge in [0.1, 0.15) is 0 Å². The summed E-state index contributed by atoms with van der Waals surface area (Å²) >= 11 is 0. The van der Waals surface area contributed by atoms with Crippen molar-refractivity contribution in [2.24, 2.45) is 5.84 Å². The highest BCUT2D eigenvalue weighted by Crippen LogP contribution is 2.15. The van der Waals surface area contributed by atoms with Crippen molar-refractivity contribution in [1.82, 2.24) is 10.3 Å². The third kappa shape index (κ3) is 3.55. The second-order valence-corrected chi connectivity index (χ2v) is 4.52. The van der Waals surface area contributed by atoms with Gasteiger partial charge in [0.05, 0.1) is 0 Å². The van der Waals surface area contributed by atoms with Crippen LogP contribution in [0.5, 0.6) is 0 Å². The Kier molecular flexibility index (Phi) is 5.82. The average Bonchev–Trinajstić information content (AvgIpc) is 2.40. The Morgan fingerprint density at radius 1 is 1.33 bits per heavy atom. The first-order valence-electron chi connectivity index (χ1n) is 6.43. The minimum atomic E-state index is -0.233. The van der Waals surface area contributed by atoms with Crippen molar-refractivity contribution in [1.29, 1.82) is 0 Å². The number of hydrogen-bond donors (Lipinski definition) is 2. The van der Waals surface area contributed by atoms with E-state index in [9.17, 15) is 4.79 Å². The van der Waals surface area contributed by atoms with Gasteiger partial charge in [-0.1, -0.05) is 32.0 Å². The van der Waals surface area contributed by atoms with E-state index in [4.69, 9.17) is 5.84 Å². The fraction of sp³-hybridized carbons (Fsp3) is 0.500. The van der Waals surface area contributed by atoms with Crippen molar-refractivity contribution in [3.05, 3.63) is 35.4 Å². The van der Waals surface area contributed by atoms with Gasteiger partial charge in [0.25, 0.3) is 5.91 Å². The molecule has 1 aromatic carbocycles. The Labute approximate surface area is 109 Å². The minimum absolute atomic E-state index is 0.233. The monoisotopic (exact) mass is 249 g/mol. The van der Waals surface area contributed by atoms with Crippen LogP contribution in [0.1, 0.15) is 42.6 Å². The Balaban J connectivity index is 2.87. The molecule has 1 amide bonds. The van der Waals surface area contributed by atoms with E-state index in [-0.39, 0.29) is 5.91 Å². The number of rotatable bonds is 6.